The van der Waals surface area contributed by atoms with Gasteiger partial charge in [0.05, 0.1) is 26.4 Å². The first-order valence-corrected chi connectivity index (χ1v) is 7.21. The van der Waals surface area contributed by atoms with Crippen molar-refractivity contribution in [3.63, 3.8) is 0 Å². The first-order valence-electron chi connectivity index (χ1n) is 6.09. The van der Waals surface area contributed by atoms with Crippen LogP contribution in [-0.2, 0) is 4.74 Å². The highest BCUT2D eigenvalue weighted by Gasteiger charge is 2.42. The number of esters is 1. The molecule has 0 aromatic heterocycles. The molecule has 1 aromatic rings. The van der Waals surface area contributed by atoms with Gasteiger partial charge in [-0.3, -0.25) is 0 Å². The maximum Gasteiger partial charge on any atom is 0.337 e. The third kappa shape index (κ3) is 3.21. The van der Waals surface area contributed by atoms with Crippen molar-refractivity contribution in [2.45, 2.75) is 12.8 Å². The molecule has 0 atom stereocenters. The fourth-order valence-corrected chi connectivity index (χ4v) is 2.48. The lowest BCUT2D eigenvalue weighted by Gasteiger charge is -2.15. The Morgan fingerprint density at radius 2 is 2.05 bits per heavy atom. The van der Waals surface area contributed by atoms with Crippen molar-refractivity contribution in [2.75, 3.05) is 26.2 Å². The molecule has 0 spiro atoms. The maximum atomic E-state index is 11.4. The molecule has 1 aromatic carbocycles. The van der Waals surface area contributed by atoms with Gasteiger partial charge in [-0.05, 0) is 31.0 Å². The predicted molar refractivity (Wildman–Crippen MR) is 75.3 cm³/mol. The van der Waals surface area contributed by atoms with Crippen LogP contribution in [-0.4, -0.2) is 32.1 Å². The number of rotatable bonds is 6. The van der Waals surface area contributed by atoms with Crippen molar-refractivity contribution >= 4 is 21.9 Å². The van der Waals surface area contributed by atoms with E-state index in [0.29, 0.717) is 23.7 Å². The normalized spacial score (nSPS) is 15.7. The van der Waals surface area contributed by atoms with E-state index in [9.17, 15) is 4.79 Å². The lowest BCUT2D eigenvalue weighted by Crippen LogP contribution is -2.14. The molecule has 1 saturated carbocycles. The van der Waals surface area contributed by atoms with Crippen LogP contribution in [0.25, 0.3) is 0 Å². The Hall–Kier alpha value is -1.23. The van der Waals surface area contributed by atoms with Crippen LogP contribution in [0.2, 0.25) is 0 Å². The monoisotopic (exact) mass is 328 g/mol. The summed E-state index contributed by atoms with van der Waals surface area (Å²) in [5.41, 5.74) is 0.722. The number of alkyl halides is 1. The minimum Gasteiger partial charge on any atom is -0.493 e. The van der Waals surface area contributed by atoms with Gasteiger partial charge in [-0.25, -0.2) is 4.79 Å². The molecular weight excluding hydrogens is 312 g/mol. The quantitative estimate of drug-likeness (QED) is 0.594. The first kappa shape index (κ1) is 14.2. The Morgan fingerprint density at radius 1 is 1.32 bits per heavy atom. The number of carbonyl (C=O) groups is 1. The first-order chi connectivity index (χ1) is 9.14. The maximum absolute atomic E-state index is 11.4. The van der Waals surface area contributed by atoms with Gasteiger partial charge in [0.2, 0.25) is 0 Å². The van der Waals surface area contributed by atoms with E-state index >= 15 is 0 Å². The molecule has 0 N–H and O–H groups in total. The van der Waals surface area contributed by atoms with Crippen molar-refractivity contribution in [2.24, 2.45) is 5.41 Å². The largest absolute Gasteiger partial charge is 0.493 e. The summed E-state index contributed by atoms with van der Waals surface area (Å²) in [6.07, 6.45) is 2.36. The van der Waals surface area contributed by atoms with Crippen molar-refractivity contribution in [1.82, 2.24) is 0 Å². The summed E-state index contributed by atoms with van der Waals surface area (Å²) in [4.78, 5) is 11.4. The molecule has 0 bridgehead atoms. The number of benzene rings is 1. The van der Waals surface area contributed by atoms with Crippen molar-refractivity contribution < 1.29 is 19.0 Å². The van der Waals surface area contributed by atoms with Gasteiger partial charge in [-0.15, -0.1) is 0 Å². The Kier molecular flexibility index (Phi) is 4.34. The molecule has 0 unspecified atom stereocenters. The second-order valence-corrected chi connectivity index (χ2v) is 5.34. The zero-order valence-corrected chi connectivity index (χ0v) is 12.7. The van der Waals surface area contributed by atoms with Gasteiger partial charge in [-0.1, -0.05) is 15.9 Å². The molecule has 2 rings (SSSR count). The predicted octanol–water partition coefficient (Wildman–Crippen LogP) is 3.04. The summed E-state index contributed by atoms with van der Waals surface area (Å²) in [6.45, 7) is 0.659. The summed E-state index contributed by atoms with van der Waals surface area (Å²) in [6, 6.07) is 5.06. The number of carbonyl (C=O) groups excluding carboxylic acids is 1. The molecule has 1 aliphatic rings. The van der Waals surface area contributed by atoms with Crippen LogP contribution in [0.15, 0.2) is 18.2 Å². The van der Waals surface area contributed by atoms with E-state index in [-0.39, 0.29) is 11.4 Å². The van der Waals surface area contributed by atoms with Crippen LogP contribution in [0.3, 0.4) is 0 Å². The molecule has 0 radical (unpaired) electrons. The van der Waals surface area contributed by atoms with E-state index in [4.69, 9.17) is 9.47 Å². The van der Waals surface area contributed by atoms with Gasteiger partial charge in [-0.2, -0.15) is 0 Å². The van der Waals surface area contributed by atoms with Gasteiger partial charge in [0.1, 0.15) is 0 Å². The fraction of sp³-hybridized carbons (Fsp3) is 0.500. The SMILES string of the molecule is COC(=O)c1ccc(OCC2(CBr)CC2)c(OC)c1. The number of methoxy groups -OCH3 is 2. The second kappa shape index (κ2) is 5.82. The summed E-state index contributed by atoms with van der Waals surface area (Å²) < 4.78 is 15.7. The van der Waals surface area contributed by atoms with Crippen LogP contribution in [0.1, 0.15) is 23.2 Å². The van der Waals surface area contributed by atoms with Gasteiger partial charge >= 0.3 is 5.97 Å². The standard InChI is InChI=1S/C14H17BrO4/c1-17-12-7-10(13(16)18-2)3-4-11(12)19-9-14(8-15)5-6-14/h3-4,7H,5-6,8-9H2,1-2H3. The topological polar surface area (TPSA) is 44.8 Å². The highest BCUT2D eigenvalue weighted by atomic mass is 79.9. The fourth-order valence-electron chi connectivity index (χ4n) is 1.76. The van der Waals surface area contributed by atoms with Gasteiger partial charge in [0.15, 0.2) is 11.5 Å². The molecule has 0 aliphatic heterocycles. The molecule has 1 fully saturated rings. The van der Waals surface area contributed by atoms with E-state index in [0.717, 1.165) is 5.33 Å². The molecule has 0 amide bonds. The van der Waals surface area contributed by atoms with Crippen LogP contribution in [0.5, 0.6) is 11.5 Å². The molecule has 0 saturated heterocycles. The summed E-state index contributed by atoms with van der Waals surface area (Å²) in [5.74, 6) is 0.819. The van der Waals surface area contributed by atoms with Crippen LogP contribution >= 0.6 is 15.9 Å². The summed E-state index contributed by atoms with van der Waals surface area (Å²) in [7, 11) is 2.91. The molecular formula is C14H17BrO4. The molecule has 5 heteroatoms. The highest BCUT2D eigenvalue weighted by molar-refractivity contribution is 9.09. The second-order valence-electron chi connectivity index (χ2n) is 4.78. The average molecular weight is 329 g/mol. The molecule has 4 nitrogen and oxygen atoms in total. The Balaban J connectivity index is 2.10. The summed E-state index contributed by atoms with van der Waals surface area (Å²) >= 11 is 3.51. The minimum absolute atomic E-state index is 0.270. The number of hydrogen-bond acceptors (Lipinski definition) is 4. The smallest absolute Gasteiger partial charge is 0.337 e. The van der Waals surface area contributed by atoms with Crippen LogP contribution in [0, 0.1) is 5.41 Å². The molecule has 104 valence electrons. The Bertz CT molecular complexity index is 469. The third-order valence-electron chi connectivity index (χ3n) is 3.36. The van der Waals surface area contributed by atoms with Crippen molar-refractivity contribution in [3.8, 4) is 11.5 Å². The van der Waals surface area contributed by atoms with Gasteiger partial charge in [0.25, 0.3) is 0 Å². The van der Waals surface area contributed by atoms with E-state index in [1.165, 1.54) is 20.0 Å². The van der Waals surface area contributed by atoms with Crippen molar-refractivity contribution in [1.29, 1.82) is 0 Å². The van der Waals surface area contributed by atoms with E-state index in [2.05, 4.69) is 20.7 Å². The van der Waals surface area contributed by atoms with Crippen LogP contribution in [0.4, 0.5) is 0 Å². The third-order valence-corrected chi connectivity index (χ3v) is 4.55. The van der Waals surface area contributed by atoms with Gasteiger partial charge in [0, 0.05) is 10.7 Å². The van der Waals surface area contributed by atoms with Crippen LogP contribution < -0.4 is 9.47 Å². The zero-order chi connectivity index (χ0) is 13.9. The van der Waals surface area contributed by atoms with E-state index in [1.807, 2.05) is 0 Å². The van der Waals surface area contributed by atoms with E-state index in [1.54, 1.807) is 25.3 Å². The minimum atomic E-state index is -0.385. The number of halogens is 1. The summed E-state index contributed by atoms with van der Waals surface area (Å²) in [5, 5.41) is 0.947. The molecule has 1 aliphatic carbocycles. The molecule has 19 heavy (non-hydrogen) atoms. The Labute approximate surface area is 121 Å². The number of hydrogen-bond donors (Lipinski definition) is 0. The van der Waals surface area contributed by atoms with Crippen molar-refractivity contribution in [3.05, 3.63) is 23.8 Å². The Morgan fingerprint density at radius 3 is 2.58 bits per heavy atom. The average Bonchev–Trinajstić information content (AvgIpc) is 3.24. The zero-order valence-electron chi connectivity index (χ0n) is 11.1. The molecule has 0 heterocycles. The van der Waals surface area contributed by atoms with E-state index < -0.39 is 0 Å². The lowest BCUT2D eigenvalue weighted by atomic mass is 10.1. The lowest BCUT2D eigenvalue weighted by molar-refractivity contribution is 0.0600. The number of ether oxygens (including phenoxy) is 3. The van der Waals surface area contributed by atoms with Gasteiger partial charge < -0.3 is 14.2 Å². The highest BCUT2D eigenvalue weighted by Crippen LogP contribution is 2.47.